The largest absolute Gasteiger partial charge is 0.383 e. The van der Waals surface area contributed by atoms with Gasteiger partial charge in [0, 0.05) is 18.7 Å². The van der Waals surface area contributed by atoms with Gasteiger partial charge in [0.05, 0.1) is 5.39 Å². The van der Waals surface area contributed by atoms with Crippen LogP contribution < -0.4 is 10.6 Å². The Kier molecular flexibility index (Phi) is 5.21. The lowest BCUT2D eigenvalue weighted by Crippen LogP contribution is -2.34. The predicted octanol–water partition coefficient (Wildman–Crippen LogP) is 4.62. The van der Waals surface area contributed by atoms with E-state index in [1.807, 2.05) is 0 Å². The summed E-state index contributed by atoms with van der Waals surface area (Å²) in [5.41, 5.74) is 5.50. The minimum Gasteiger partial charge on any atom is -0.383 e. The number of nitrogen functional groups attached to an aromatic ring is 1. The Morgan fingerprint density at radius 2 is 1.78 bits per heavy atom. The summed E-state index contributed by atoms with van der Waals surface area (Å²) in [4.78, 5) is 9.62. The standard InChI is InChI=1S/C20H21F3N4/c1-4-6-12(5-2)20-25-17-13(19(24)26-20)14(21)15(22)18(16(17)23)27-9-7-11(3)8-10-27/h4-6,11H,1-2,7-10H2,3H3,(H2,24,25,26)/b12-6+. The quantitative estimate of drug-likeness (QED) is 0.627. The second-order valence-electron chi connectivity index (χ2n) is 6.68. The number of piperidine rings is 1. The van der Waals surface area contributed by atoms with Crippen LogP contribution in [0.1, 0.15) is 25.6 Å². The maximum atomic E-state index is 15.2. The van der Waals surface area contributed by atoms with Crippen LogP contribution in [-0.4, -0.2) is 23.1 Å². The van der Waals surface area contributed by atoms with Crippen LogP contribution in [0.2, 0.25) is 0 Å². The van der Waals surface area contributed by atoms with Gasteiger partial charge in [0.25, 0.3) is 0 Å². The van der Waals surface area contributed by atoms with Gasteiger partial charge in [0.1, 0.15) is 17.0 Å². The molecule has 1 saturated heterocycles. The number of nitrogens with zero attached hydrogens (tertiary/aromatic N) is 3. The van der Waals surface area contributed by atoms with Crippen LogP contribution in [-0.2, 0) is 0 Å². The van der Waals surface area contributed by atoms with Crippen molar-refractivity contribution in [1.82, 2.24) is 9.97 Å². The zero-order chi connectivity index (χ0) is 19.7. The SMILES string of the molecule is C=C/C=C(\C=C)c1nc(N)c2c(F)c(F)c(N3CCC(C)CC3)c(F)c2n1. The molecule has 1 aromatic carbocycles. The summed E-state index contributed by atoms with van der Waals surface area (Å²) >= 11 is 0. The van der Waals surface area contributed by atoms with Crippen molar-refractivity contribution in [2.75, 3.05) is 23.7 Å². The molecule has 27 heavy (non-hydrogen) atoms. The lowest BCUT2D eigenvalue weighted by molar-refractivity contribution is 0.425. The molecule has 0 atom stereocenters. The molecular weight excluding hydrogens is 353 g/mol. The summed E-state index contributed by atoms with van der Waals surface area (Å²) in [7, 11) is 0. The molecule has 2 N–H and O–H groups in total. The van der Waals surface area contributed by atoms with E-state index in [1.54, 1.807) is 6.08 Å². The Bertz CT molecular complexity index is 944. The fourth-order valence-corrected chi connectivity index (χ4v) is 3.28. The van der Waals surface area contributed by atoms with Gasteiger partial charge in [-0.25, -0.2) is 23.1 Å². The first-order valence-electron chi connectivity index (χ1n) is 8.73. The first kappa shape index (κ1) is 18.9. The van der Waals surface area contributed by atoms with Gasteiger partial charge in [-0.05, 0) is 18.8 Å². The maximum absolute atomic E-state index is 15.2. The van der Waals surface area contributed by atoms with E-state index >= 15 is 4.39 Å². The van der Waals surface area contributed by atoms with Crippen LogP contribution in [0.4, 0.5) is 24.7 Å². The van der Waals surface area contributed by atoms with E-state index in [4.69, 9.17) is 5.73 Å². The third-order valence-corrected chi connectivity index (χ3v) is 4.85. The zero-order valence-electron chi connectivity index (χ0n) is 15.1. The molecule has 0 aliphatic carbocycles. The fourth-order valence-electron chi connectivity index (χ4n) is 3.28. The summed E-state index contributed by atoms with van der Waals surface area (Å²) in [6, 6.07) is 0. The van der Waals surface area contributed by atoms with Gasteiger partial charge in [0.15, 0.2) is 23.3 Å². The van der Waals surface area contributed by atoms with Crippen molar-refractivity contribution in [3.8, 4) is 0 Å². The molecule has 0 bridgehead atoms. The Morgan fingerprint density at radius 3 is 2.37 bits per heavy atom. The van der Waals surface area contributed by atoms with Crippen LogP contribution in [0.3, 0.4) is 0 Å². The molecule has 1 fully saturated rings. The maximum Gasteiger partial charge on any atom is 0.186 e. The Balaban J connectivity index is 2.26. The Morgan fingerprint density at radius 1 is 1.11 bits per heavy atom. The van der Waals surface area contributed by atoms with Crippen molar-refractivity contribution in [2.45, 2.75) is 19.8 Å². The highest BCUT2D eigenvalue weighted by atomic mass is 19.2. The van der Waals surface area contributed by atoms with Crippen LogP contribution in [0.5, 0.6) is 0 Å². The van der Waals surface area contributed by atoms with E-state index in [2.05, 4.69) is 30.0 Å². The van der Waals surface area contributed by atoms with E-state index in [-0.39, 0.29) is 17.2 Å². The van der Waals surface area contributed by atoms with Crippen molar-refractivity contribution < 1.29 is 13.2 Å². The van der Waals surface area contributed by atoms with Crippen LogP contribution in [0, 0.1) is 23.4 Å². The van der Waals surface area contributed by atoms with Crippen molar-refractivity contribution in [3.05, 3.63) is 54.7 Å². The lowest BCUT2D eigenvalue weighted by Gasteiger charge is -2.32. The van der Waals surface area contributed by atoms with Gasteiger partial charge in [-0.3, -0.25) is 0 Å². The number of hydrogen-bond acceptors (Lipinski definition) is 4. The number of nitrogens with two attached hydrogens (primary N) is 1. The predicted molar refractivity (Wildman–Crippen MR) is 103 cm³/mol. The Hall–Kier alpha value is -2.83. The minimum absolute atomic E-state index is 0.0676. The third-order valence-electron chi connectivity index (χ3n) is 4.85. The van der Waals surface area contributed by atoms with Crippen LogP contribution in [0.15, 0.2) is 31.4 Å². The average molecular weight is 374 g/mol. The number of fused-ring (bicyclic) bond motifs is 1. The molecular formula is C20H21F3N4. The Labute approximate surface area is 155 Å². The van der Waals surface area contributed by atoms with Gasteiger partial charge in [-0.2, -0.15) is 0 Å². The molecule has 7 heteroatoms. The number of benzene rings is 1. The number of anilines is 2. The molecule has 1 aliphatic heterocycles. The highest BCUT2D eigenvalue weighted by Gasteiger charge is 2.29. The van der Waals surface area contributed by atoms with E-state index < -0.39 is 28.5 Å². The second kappa shape index (κ2) is 7.42. The smallest absolute Gasteiger partial charge is 0.186 e. The van der Waals surface area contributed by atoms with Crippen LogP contribution in [0.25, 0.3) is 16.5 Å². The number of halogens is 3. The van der Waals surface area contributed by atoms with Crippen molar-refractivity contribution in [2.24, 2.45) is 5.92 Å². The van der Waals surface area contributed by atoms with Crippen molar-refractivity contribution in [1.29, 1.82) is 0 Å². The first-order chi connectivity index (χ1) is 12.9. The van der Waals surface area contributed by atoms with E-state index in [1.165, 1.54) is 17.1 Å². The monoisotopic (exact) mass is 374 g/mol. The van der Waals surface area contributed by atoms with Gasteiger partial charge in [-0.1, -0.05) is 38.3 Å². The molecule has 0 unspecified atom stereocenters. The molecule has 0 spiro atoms. The summed E-state index contributed by atoms with van der Waals surface area (Å²) in [5, 5.41) is -0.454. The van der Waals surface area contributed by atoms with E-state index in [0.29, 0.717) is 24.6 Å². The molecule has 142 valence electrons. The highest BCUT2D eigenvalue weighted by molar-refractivity contribution is 5.93. The normalized spacial score (nSPS) is 16.0. The van der Waals surface area contributed by atoms with Gasteiger partial charge >= 0.3 is 0 Å². The van der Waals surface area contributed by atoms with E-state index in [9.17, 15) is 8.78 Å². The summed E-state index contributed by atoms with van der Waals surface area (Å²) in [6.45, 7) is 10.2. The first-order valence-corrected chi connectivity index (χ1v) is 8.73. The molecule has 3 rings (SSSR count). The molecule has 0 saturated carbocycles. The van der Waals surface area contributed by atoms with Crippen LogP contribution >= 0.6 is 0 Å². The minimum atomic E-state index is -1.26. The summed E-state index contributed by atoms with van der Waals surface area (Å²) in [5.74, 6) is -3.24. The van der Waals surface area contributed by atoms with Gasteiger partial charge in [0.2, 0.25) is 0 Å². The van der Waals surface area contributed by atoms with E-state index in [0.717, 1.165) is 12.8 Å². The molecule has 2 aromatic rings. The van der Waals surface area contributed by atoms with Crippen molar-refractivity contribution in [3.63, 3.8) is 0 Å². The summed E-state index contributed by atoms with van der Waals surface area (Å²) < 4.78 is 44.7. The van der Waals surface area contributed by atoms with Gasteiger partial charge in [-0.15, -0.1) is 0 Å². The van der Waals surface area contributed by atoms with Crippen molar-refractivity contribution >= 4 is 28.0 Å². The molecule has 1 aliphatic rings. The lowest BCUT2D eigenvalue weighted by atomic mass is 9.98. The molecule has 2 heterocycles. The zero-order valence-corrected chi connectivity index (χ0v) is 15.1. The second-order valence-corrected chi connectivity index (χ2v) is 6.68. The molecule has 4 nitrogen and oxygen atoms in total. The average Bonchev–Trinajstić information content (AvgIpc) is 2.65. The number of rotatable bonds is 4. The topological polar surface area (TPSA) is 55.0 Å². The third kappa shape index (κ3) is 3.29. The highest BCUT2D eigenvalue weighted by Crippen LogP contribution is 2.36. The molecule has 0 radical (unpaired) electrons. The molecule has 1 aromatic heterocycles. The number of allylic oxidation sites excluding steroid dienone is 4. The fraction of sp³-hybridized carbons (Fsp3) is 0.300. The number of hydrogen-bond donors (Lipinski definition) is 1. The summed E-state index contributed by atoms with van der Waals surface area (Å²) in [6.07, 6.45) is 6.06. The van der Waals surface area contributed by atoms with Gasteiger partial charge < -0.3 is 10.6 Å². The molecule has 0 amide bonds. The number of aromatic nitrogens is 2.